The van der Waals surface area contributed by atoms with E-state index in [0.717, 1.165) is 17.4 Å². The van der Waals surface area contributed by atoms with Gasteiger partial charge in [0.25, 0.3) is 0 Å². The smallest absolute Gasteiger partial charge is 0.237 e. The maximum atomic E-state index is 12.1. The lowest BCUT2D eigenvalue weighted by Gasteiger charge is -2.24. The third-order valence-corrected chi connectivity index (χ3v) is 4.57. The standard InChI is InChI=1S/C15H24N2O3S/c1-5-16(6-2)15(18)12-17(21(4,19)20)11-14-9-7-13(3)8-10-14/h7-10H,5-6,11-12H2,1-4H3. The van der Waals surface area contributed by atoms with E-state index in [1.807, 2.05) is 45.0 Å². The Kier molecular flexibility index (Phi) is 6.36. The molecule has 0 fully saturated rings. The Morgan fingerprint density at radius 2 is 1.62 bits per heavy atom. The number of carbonyl (C=O) groups excluding carboxylic acids is 1. The summed E-state index contributed by atoms with van der Waals surface area (Å²) in [6.45, 7) is 7.00. The minimum absolute atomic E-state index is 0.117. The van der Waals surface area contributed by atoms with Crippen LogP contribution in [0.25, 0.3) is 0 Å². The zero-order valence-corrected chi connectivity index (χ0v) is 14.0. The van der Waals surface area contributed by atoms with Crippen LogP contribution in [0, 0.1) is 6.92 Å². The number of amides is 1. The van der Waals surface area contributed by atoms with Crippen LogP contribution in [0.1, 0.15) is 25.0 Å². The highest BCUT2D eigenvalue weighted by atomic mass is 32.2. The molecule has 0 aliphatic rings. The van der Waals surface area contributed by atoms with Crippen LogP contribution in [0.3, 0.4) is 0 Å². The van der Waals surface area contributed by atoms with Crippen LogP contribution >= 0.6 is 0 Å². The van der Waals surface area contributed by atoms with Crippen LogP contribution in [0.4, 0.5) is 0 Å². The third kappa shape index (κ3) is 5.47. The summed E-state index contributed by atoms with van der Waals surface area (Å²) >= 11 is 0. The van der Waals surface area contributed by atoms with Crippen LogP contribution in [0.5, 0.6) is 0 Å². The fourth-order valence-corrected chi connectivity index (χ4v) is 2.74. The maximum absolute atomic E-state index is 12.1. The largest absolute Gasteiger partial charge is 0.342 e. The molecule has 1 rings (SSSR count). The van der Waals surface area contributed by atoms with E-state index in [1.54, 1.807) is 4.90 Å². The van der Waals surface area contributed by atoms with Crippen molar-refractivity contribution >= 4 is 15.9 Å². The minimum Gasteiger partial charge on any atom is -0.342 e. The molecule has 0 radical (unpaired) electrons. The average Bonchev–Trinajstić information content (AvgIpc) is 2.40. The van der Waals surface area contributed by atoms with Gasteiger partial charge < -0.3 is 4.90 Å². The molecule has 0 aromatic heterocycles. The van der Waals surface area contributed by atoms with Crippen LogP contribution in [-0.2, 0) is 21.4 Å². The topological polar surface area (TPSA) is 57.7 Å². The summed E-state index contributed by atoms with van der Waals surface area (Å²) in [5.41, 5.74) is 1.99. The second-order valence-corrected chi connectivity index (χ2v) is 7.07. The highest BCUT2D eigenvalue weighted by molar-refractivity contribution is 7.88. The minimum atomic E-state index is -3.43. The molecular weight excluding hydrogens is 288 g/mol. The number of carbonyl (C=O) groups is 1. The van der Waals surface area contributed by atoms with Crippen LogP contribution in [0.2, 0.25) is 0 Å². The lowest BCUT2D eigenvalue weighted by molar-refractivity contribution is -0.131. The van der Waals surface area contributed by atoms with Crippen molar-refractivity contribution in [1.29, 1.82) is 0 Å². The monoisotopic (exact) mass is 312 g/mol. The van der Waals surface area contributed by atoms with Gasteiger partial charge in [-0.1, -0.05) is 29.8 Å². The van der Waals surface area contributed by atoms with Crippen molar-refractivity contribution in [3.8, 4) is 0 Å². The zero-order chi connectivity index (χ0) is 16.0. The zero-order valence-electron chi connectivity index (χ0n) is 13.2. The number of rotatable bonds is 7. The SMILES string of the molecule is CCN(CC)C(=O)CN(Cc1ccc(C)cc1)S(C)(=O)=O. The highest BCUT2D eigenvalue weighted by Gasteiger charge is 2.22. The van der Waals surface area contributed by atoms with Crippen molar-refractivity contribution in [2.24, 2.45) is 0 Å². The summed E-state index contributed by atoms with van der Waals surface area (Å²) in [7, 11) is -3.43. The summed E-state index contributed by atoms with van der Waals surface area (Å²) in [6.07, 6.45) is 1.14. The molecule has 0 aliphatic heterocycles. The predicted molar refractivity (Wildman–Crippen MR) is 84.4 cm³/mol. The molecule has 1 aromatic carbocycles. The quantitative estimate of drug-likeness (QED) is 0.769. The summed E-state index contributed by atoms with van der Waals surface area (Å²) in [5.74, 6) is -0.169. The summed E-state index contributed by atoms with van der Waals surface area (Å²) in [5, 5.41) is 0. The third-order valence-electron chi connectivity index (χ3n) is 3.38. The lowest BCUT2D eigenvalue weighted by Crippen LogP contribution is -2.42. The Morgan fingerprint density at radius 3 is 2.05 bits per heavy atom. The molecule has 0 heterocycles. The van der Waals surface area contributed by atoms with Crippen molar-refractivity contribution in [3.05, 3.63) is 35.4 Å². The summed E-state index contributed by atoms with van der Waals surface area (Å²) in [4.78, 5) is 13.8. The Bertz CT molecular complexity index is 563. The van der Waals surface area contributed by atoms with Crippen LogP contribution in [0.15, 0.2) is 24.3 Å². The van der Waals surface area contributed by atoms with Gasteiger partial charge in [-0.05, 0) is 26.3 Å². The number of sulfonamides is 1. The van der Waals surface area contributed by atoms with Gasteiger partial charge >= 0.3 is 0 Å². The molecule has 0 bridgehead atoms. The van der Waals surface area contributed by atoms with Gasteiger partial charge in [0.2, 0.25) is 15.9 Å². The first-order chi connectivity index (χ1) is 9.77. The van der Waals surface area contributed by atoms with Crippen molar-refractivity contribution in [3.63, 3.8) is 0 Å². The Morgan fingerprint density at radius 1 is 1.10 bits per heavy atom. The molecule has 0 aliphatic carbocycles. The molecule has 0 unspecified atom stereocenters. The fourth-order valence-electron chi connectivity index (χ4n) is 2.01. The molecule has 6 heteroatoms. The van der Waals surface area contributed by atoms with Gasteiger partial charge in [-0.15, -0.1) is 0 Å². The number of nitrogens with zero attached hydrogens (tertiary/aromatic N) is 2. The van der Waals surface area contributed by atoms with Gasteiger partial charge in [-0.25, -0.2) is 8.42 Å². The van der Waals surface area contributed by atoms with E-state index in [9.17, 15) is 13.2 Å². The van der Waals surface area contributed by atoms with E-state index in [1.165, 1.54) is 4.31 Å². The van der Waals surface area contributed by atoms with E-state index in [-0.39, 0.29) is 19.0 Å². The predicted octanol–water partition coefficient (Wildman–Crippen LogP) is 1.63. The summed E-state index contributed by atoms with van der Waals surface area (Å²) < 4.78 is 25.0. The molecule has 0 saturated heterocycles. The molecule has 0 spiro atoms. The van der Waals surface area contributed by atoms with E-state index in [0.29, 0.717) is 13.1 Å². The van der Waals surface area contributed by atoms with Gasteiger partial charge in [0.1, 0.15) is 0 Å². The van der Waals surface area contributed by atoms with E-state index in [2.05, 4.69) is 0 Å². The molecule has 1 amide bonds. The van der Waals surface area contributed by atoms with E-state index in [4.69, 9.17) is 0 Å². The van der Waals surface area contributed by atoms with E-state index < -0.39 is 10.0 Å². The number of hydrogen-bond acceptors (Lipinski definition) is 3. The Hall–Kier alpha value is -1.40. The van der Waals surface area contributed by atoms with Gasteiger partial charge in [0.05, 0.1) is 12.8 Å². The van der Waals surface area contributed by atoms with E-state index >= 15 is 0 Å². The highest BCUT2D eigenvalue weighted by Crippen LogP contribution is 2.10. The maximum Gasteiger partial charge on any atom is 0.237 e. The van der Waals surface area contributed by atoms with Crippen LogP contribution in [-0.4, -0.2) is 49.4 Å². The molecule has 118 valence electrons. The molecule has 1 aromatic rings. The van der Waals surface area contributed by atoms with Crippen molar-refractivity contribution in [1.82, 2.24) is 9.21 Å². The number of benzene rings is 1. The molecule has 5 nitrogen and oxygen atoms in total. The number of aryl methyl sites for hydroxylation is 1. The van der Waals surface area contributed by atoms with Crippen LogP contribution < -0.4 is 0 Å². The van der Waals surface area contributed by atoms with Crippen molar-refractivity contribution in [2.75, 3.05) is 25.9 Å². The van der Waals surface area contributed by atoms with Gasteiger partial charge in [-0.2, -0.15) is 4.31 Å². The molecule has 21 heavy (non-hydrogen) atoms. The Labute approximate surface area is 127 Å². The lowest BCUT2D eigenvalue weighted by atomic mass is 10.1. The van der Waals surface area contributed by atoms with Gasteiger partial charge in [-0.3, -0.25) is 4.79 Å². The molecule has 0 N–H and O–H groups in total. The normalized spacial score (nSPS) is 11.7. The van der Waals surface area contributed by atoms with Gasteiger partial charge in [0.15, 0.2) is 0 Å². The second kappa shape index (κ2) is 7.56. The fraction of sp³-hybridized carbons (Fsp3) is 0.533. The first-order valence-electron chi connectivity index (χ1n) is 7.06. The molecule has 0 atom stereocenters. The first-order valence-corrected chi connectivity index (χ1v) is 8.91. The number of likely N-dealkylation sites (N-methyl/N-ethyl adjacent to an activating group) is 1. The van der Waals surface area contributed by atoms with Gasteiger partial charge in [0, 0.05) is 19.6 Å². The van der Waals surface area contributed by atoms with Crippen molar-refractivity contribution in [2.45, 2.75) is 27.3 Å². The van der Waals surface area contributed by atoms with Crippen molar-refractivity contribution < 1.29 is 13.2 Å². The number of hydrogen-bond donors (Lipinski definition) is 0. The molecule has 0 saturated carbocycles. The average molecular weight is 312 g/mol. The summed E-state index contributed by atoms with van der Waals surface area (Å²) in [6, 6.07) is 7.63. The molecular formula is C15H24N2O3S. The Balaban J connectivity index is 2.87. The first kappa shape index (κ1) is 17.7. The second-order valence-electron chi connectivity index (χ2n) is 5.08.